The van der Waals surface area contributed by atoms with E-state index in [4.69, 9.17) is 37.0 Å². The molecule has 0 heterocycles. The Kier molecular flexibility index (Phi) is 59.9. The van der Waals surface area contributed by atoms with Crippen LogP contribution in [0.5, 0.6) is 0 Å². The van der Waals surface area contributed by atoms with Crippen LogP contribution in [0.25, 0.3) is 0 Å². The van der Waals surface area contributed by atoms with Gasteiger partial charge in [-0.1, -0.05) is 298 Å². The Morgan fingerprint density at radius 3 is 0.773 bits per heavy atom. The fourth-order valence-corrected chi connectivity index (χ4v) is 12.0. The number of unbranched alkanes of at least 4 members (excludes halogenated alkanes) is 38. The summed E-state index contributed by atoms with van der Waals surface area (Å²) < 4.78 is 68.1. The molecule has 0 spiro atoms. The van der Waals surface area contributed by atoms with Crippen molar-refractivity contribution in [2.45, 2.75) is 368 Å². The SMILES string of the molecule is CCCCCCCCCCCCCC(=O)O[C@H](COC(=O)CCCCCCCCC)COP(=O)(O)OC[C@H](O)COP(=O)(O)OC[C@@H](COC(=O)CCCCCCCCCCCCC(C)C)OC(=O)CCCCCCCCCCCCCCCCC(C)C. The molecule has 0 rings (SSSR count). The van der Waals surface area contributed by atoms with Crippen LogP contribution in [-0.2, 0) is 65.4 Å². The average molecular weight is 1300 g/mol. The van der Waals surface area contributed by atoms with Crippen molar-refractivity contribution < 1.29 is 80.2 Å². The first kappa shape index (κ1) is 86.1. The summed E-state index contributed by atoms with van der Waals surface area (Å²) in [5, 5.41) is 10.6. The lowest BCUT2D eigenvalue weighted by Gasteiger charge is -2.21. The molecule has 19 heteroatoms. The number of carbonyl (C=O) groups excluding carboxylic acids is 4. The molecule has 0 radical (unpaired) electrons. The molecule has 0 aliphatic rings. The van der Waals surface area contributed by atoms with E-state index in [0.29, 0.717) is 25.7 Å². The van der Waals surface area contributed by atoms with Crippen molar-refractivity contribution in [1.82, 2.24) is 0 Å². The van der Waals surface area contributed by atoms with Crippen molar-refractivity contribution in [3.05, 3.63) is 0 Å². The number of aliphatic hydroxyl groups is 1. The van der Waals surface area contributed by atoms with Gasteiger partial charge in [-0.15, -0.1) is 0 Å². The summed E-state index contributed by atoms with van der Waals surface area (Å²) in [5.41, 5.74) is 0. The van der Waals surface area contributed by atoms with Gasteiger partial charge in [0.25, 0.3) is 0 Å². The minimum absolute atomic E-state index is 0.106. The van der Waals surface area contributed by atoms with Crippen molar-refractivity contribution in [1.29, 1.82) is 0 Å². The summed E-state index contributed by atoms with van der Waals surface area (Å²) in [5.74, 6) is -0.576. The second kappa shape index (κ2) is 61.3. The zero-order valence-electron chi connectivity index (χ0n) is 57.0. The highest BCUT2D eigenvalue weighted by molar-refractivity contribution is 7.47. The molecule has 17 nitrogen and oxygen atoms in total. The molecular formula is C69H134O17P2. The van der Waals surface area contributed by atoms with Gasteiger partial charge in [0.15, 0.2) is 12.2 Å². The zero-order valence-corrected chi connectivity index (χ0v) is 58.8. The van der Waals surface area contributed by atoms with Gasteiger partial charge in [-0.05, 0) is 37.5 Å². The molecule has 0 fully saturated rings. The molecule has 522 valence electrons. The van der Waals surface area contributed by atoms with Crippen molar-refractivity contribution in [3.63, 3.8) is 0 Å². The maximum Gasteiger partial charge on any atom is 0.472 e. The van der Waals surface area contributed by atoms with Gasteiger partial charge in [-0.25, -0.2) is 9.13 Å². The quantitative estimate of drug-likeness (QED) is 0.0222. The van der Waals surface area contributed by atoms with Gasteiger partial charge in [-0.2, -0.15) is 0 Å². The van der Waals surface area contributed by atoms with Crippen LogP contribution in [0.2, 0.25) is 0 Å². The second-order valence-corrected chi connectivity index (χ2v) is 28.8. The Morgan fingerprint density at radius 2 is 0.523 bits per heavy atom. The Morgan fingerprint density at radius 1 is 0.307 bits per heavy atom. The highest BCUT2D eigenvalue weighted by atomic mass is 31.2. The van der Waals surface area contributed by atoms with Gasteiger partial charge < -0.3 is 33.8 Å². The van der Waals surface area contributed by atoms with Crippen LogP contribution < -0.4 is 0 Å². The zero-order chi connectivity index (χ0) is 65.0. The summed E-state index contributed by atoms with van der Waals surface area (Å²) in [4.78, 5) is 72.3. The number of hydrogen-bond acceptors (Lipinski definition) is 15. The number of hydrogen-bond donors (Lipinski definition) is 3. The number of rotatable bonds is 68. The van der Waals surface area contributed by atoms with E-state index in [1.54, 1.807) is 0 Å². The largest absolute Gasteiger partial charge is 0.472 e. The van der Waals surface area contributed by atoms with Crippen LogP contribution in [0, 0.1) is 11.8 Å². The molecule has 5 atom stereocenters. The van der Waals surface area contributed by atoms with Crippen molar-refractivity contribution in [2.24, 2.45) is 11.8 Å². The van der Waals surface area contributed by atoms with Gasteiger partial charge in [0.05, 0.1) is 26.4 Å². The molecule has 0 aromatic rings. The maximum atomic E-state index is 13.0. The van der Waals surface area contributed by atoms with Crippen LogP contribution in [-0.4, -0.2) is 96.7 Å². The molecule has 0 aliphatic heterocycles. The van der Waals surface area contributed by atoms with Gasteiger partial charge in [0.2, 0.25) is 0 Å². The number of carbonyl (C=O) groups is 4. The first-order chi connectivity index (χ1) is 42.4. The number of phosphoric acid groups is 2. The number of phosphoric ester groups is 2. The Labute approximate surface area is 537 Å². The average Bonchev–Trinajstić information content (AvgIpc) is 3.55. The number of aliphatic hydroxyl groups excluding tert-OH is 1. The Hall–Kier alpha value is -1.94. The summed E-state index contributed by atoms with van der Waals surface area (Å²) in [6, 6.07) is 0. The normalized spacial score (nSPS) is 14.2. The molecule has 0 aliphatic carbocycles. The van der Waals surface area contributed by atoms with Crippen molar-refractivity contribution in [2.75, 3.05) is 39.6 Å². The maximum absolute atomic E-state index is 13.0. The van der Waals surface area contributed by atoms with E-state index in [1.165, 1.54) is 154 Å². The minimum atomic E-state index is -4.95. The Balaban J connectivity index is 5.20. The predicted octanol–water partition coefficient (Wildman–Crippen LogP) is 19.6. The van der Waals surface area contributed by atoms with Gasteiger partial charge >= 0.3 is 39.5 Å². The van der Waals surface area contributed by atoms with Crippen molar-refractivity contribution in [3.8, 4) is 0 Å². The van der Waals surface area contributed by atoms with E-state index in [9.17, 15) is 43.2 Å². The van der Waals surface area contributed by atoms with Crippen LogP contribution in [0.4, 0.5) is 0 Å². The predicted molar refractivity (Wildman–Crippen MR) is 354 cm³/mol. The highest BCUT2D eigenvalue weighted by Gasteiger charge is 2.30. The summed E-state index contributed by atoms with van der Waals surface area (Å²) in [7, 11) is -9.89. The van der Waals surface area contributed by atoms with E-state index in [1.807, 2.05) is 0 Å². The third kappa shape index (κ3) is 62.8. The molecule has 0 amide bonds. The van der Waals surface area contributed by atoms with Crippen LogP contribution in [0.1, 0.15) is 350 Å². The molecule has 88 heavy (non-hydrogen) atoms. The van der Waals surface area contributed by atoms with E-state index < -0.39 is 97.5 Å². The standard InChI is InChI=1S/C69H134O17P2/c1-7-9-11-13-15-16-21-29-35-41-47-53-68(73)85-64(57-79-66(71)51-45-39-31-14-12-10-8-2)59-83-87(75,76)81-55-63(70)56-82-88(77,78)84-60-65(58-80-67(72)52-46-40-34-28-25-24-27-33-38-44-50-62(5)6)86-69(74)54-48-42-36-30-23-20-18-17-19-22-26-32-37-43-49-61(3)4/h61-65,70H,7-60H2,1-6H3,(H,75,76)(H,77,78)/t63-,64+,65+/m0/s1. The molecule has 0 saturated carbocycles. The van der Waals surface area contributed by atoms with E-state index in [-0.39, 0.29) is 25.7 Å². The van der Waals surface area contributed by atoms with Gasteiger partial charge in [0.1, 0.15) is 19.3 Å². The number of ether oxygens (including phenoxy) is 4. The fraction of sp³-hybridized carbons (Fsp3) is 0.942. The Bertz CT molecular complexity index is 1720. The first-order valence-corrected chi connectivity index (χ1v) is 39.0. The fourth-order valence-electron chi connectivity index (χ4n) is 10.4. The second-order valence-electron chi connectivity index (χ2n) is 25.9. The summed E-state index contributed by atoms with van der Waals surface area (Å²) in [6.07, 6.45) is 45.9. The van der Waals surface area contributed by atoms with Gasteiger partial charge in [-0.3, -0.25) is 37.3 Å². The van der Waals surface area contributed by atoms with Crippen LogP contribution >= 0.6 is 15.6 Å². The molecule has 2 unspecified atom stereocenters. The smallest absolute Gasteiger partial charge is 0.462 e. The third-order valence-corrected chi connectivity index (χ3v) is 17.9. The van der Waals surface area contributed by atoms with E-state index in [0.717, 1.165) is 115 Å². The van der Waals surface area contributed by atoms with E-state index >= 15 is 0 Å². The molecule has 3 N–H and O–H groups in total. The van der Waals surface area contributed by atoms with Crippen LogP contribution in [0.3, 0.4) is 0 Å². The lowest BCUT2D eigenvalue weighted by atomic mass is 10.0. The lowest BCUT2D eigenvalue weighted by Crippen LogP contribution is -2.30. The van der Waals surface area contributed by atoms with Crippen LogP contribution in [0.15, 0.2) is 0 Å². The third-order valence-electron chi connectivity index (χ3n) is 16.0. The highest BCUT2D eigenvalue weighted by Crippen LogP contribution is 2.45. The monoisotopic (exact) mass is 1300 g/mol. The molecule has 0 aromatic heterocycles. The number of esters is 4. The van der Waals surface area contributed by atoms with E-state index in [2.05, 4.69) is 41.5 Å². The minimum Gasteiger partial charge on any atom is -0.462 e. The summed E-state index contributed by atoms with van der Waals surface area (Å²) in [6.45, 7) is 9.51. The van der Waals surface area contributed by atoms with Crippen molar-refractivity contribution >= 4 is 39.5 Å². The molecular weight excluding hydrogens is 1160 g/mol. The molecule has 0 aromatic carbocycles. The lowest BCUT2D eigenvalue weighted by molar-refractivity contribution is -0.161. The van der Waals surface area contributed by atoms with Gasteiger partial charge in [0, 0.05) is 25.7 Å². The topological polar surface area (TPSA) is 237 Å². The summed E-state index contributed by atoms with van der Waals surface area (Å²) >= 11 is 0. The molecule has 0 bridgehead atoms. The molecule has 0 saturated heterocycles. The first-order valence-electron chi connectivity index (χ1n) is 36.0.